The Kier molecular flexibility index (Phi) is 10.3. The molecule has 0 radical (unpaired) electrons. The van der Waals surface area contributed by atoms with E-state index in [2.05, 4.69) is 20.9 Å². The number of alkyl carbamates (subject to hydrolysis) is 1. The second kappa shape index (κ2) is 11.1. The molecule has 0 atom stereocenters. The molecule has 0 heterocycles. The fraction of sp³-hybridized carbons (Fsp3) is 0.500. The Hall–Kier alpha value is -1.58. The second-order valence-electron chi connectivity index (χ2n) is 5.91. The van der Waals surface area contributed by atoms with Gasteiger partial charge in [0, 0.05) is 26.7 Å². The standard InChI is InChI=1S/C16H25FN4O2.HI/c1-16(2,3)23-15(22)20-10-9-19-14(18-4)21-11-12-5-7-13(17)8-6-12;/h5-8H,9-11H2,1-4H3,(H,20,22)(H2,18,19,21);1H. The SMILES string of the molecule is CN=C(NCCNC(=O)OC(C)(C)C)NCc1ccc(F)cc1.I. The van der Waals surface area contributed by atoms with Gasteiger partial charge in [-0.25, -0.2) is 9.18 Å². The maximum Gasteiger partial charge on any atom is 0.407 e. The van der Waals surface area contributed by atoms with Crippen LogP contribution in [0.15, 0.2) is 29.3 Å². The van der Waals surface area contributed by atoms with Crippen molar-refractivity contribution in [2.75, 3.05) is 20.1 Å². The first kappa shape index (κ1) is 22.4. The molecule has 0 spiro atoms. The highest BCUT2D eigenvalue weighted by Crippen LogP contribution is 2.06. The number of guanidine groups is 1. The zero-order chi connectivity index (χ0) is 17.3. The van der Waals surface area contributed by atoms with Crippen LogP contribution in [0.3, 0.4) is 0 Å². The number of hydrogen-bond donors (Lipinski definition) is 3. The Morgan fingerprint density at radius 2 is 1.71 bits per heavy atom. The minimum atomic E-state index is -0.510. The Morgan fingerprint density at radius 1 is 1.12 bits per heavy atom. The van der Waals surface area contributed by atoms with Gasteiger partial charge in [0.1, 0.15) is 11.4 Å². The van der Waals surface area contributed by atoms with E-state index in [-0.39, 0.29) is 29.8 Å². The van der Waals surface area contributed by atoms with E-state index in [0.717, 1.165) is 5.56 Å². The number of carbonyl (C=O) groups excluding carboxylic acids is 1. The average Bonchev–Trinajstić information content (AvgIpc) is 2.46. The predicted molar refractivity (Wildman–Crippen MR) is 104 cm³/mol. The second-order valence-corrected chi connectivity index (χ2v) is 5.91. The lowest BCUT2D eigenvalue weighted by atomic mass is 10.2. The van der Waals surface area contributed by atoms with Gasteiger partial charge in [-0.1, -0.05) is 12.1 Å². The van der Waals surface area contributed by atoms with Gasteiger partial charge in [-0.15, -0.1) is 24.0 Å². The monoisotopic (exact) mass is 452 g/mol. The molecule has 3 N–H and O–H groups in total. The van der Waals surface area contributed by atoms with Crippen molar-refractivity contribution in [3.05, 3.63) is 35.6 Å². The van der Waals surface area contributed by atoms with E-state index in [4.69, 9.17) is 4.74 Å². The molecule has 1 rings (SSSR count). The van der Waals surface area contributed by atoms with Crippen molar-refractivity contribution >= 4 is 36.0 Å². The summed E-state index contributed by atoms with van der Waals surface area (Å²) in [5.41, 5.74) is 0.436. The van der Waals surface area contributed by atoms with Crippen molar-refractivity contribution in [3.8, 4) is 0 Å². The van der Waals surface area contributed by atoms with Crippen LogP contribution < -0.4 is 16.0 Å². The number of carbonyl (C=O) groups is 1. The van der Waals surface area contributed by atoms with Gasteiger partial charge in [-0.3, -0.25) is 4.99 Å². The molecule has 0 bridgehead atoms. The molecule has 0 aliphatic heterocycles. The predicted octanol–water partition coefficient (Wildman–Crippen LogP) is 2.63. The number of nitrogens with one attached hydrogen (secondary N) is 3. The van der Waals surface area contributed by atoms with Gasteiger partial charge in [-0.05, 0) is 38.5 Å². The Bertz CT molecular complexity index is 530. The summed E-state index contributed by atoms with van der Waals surface area (Å²) in [6, 6.07) is 6.25. The first-order valence-electron chi connectivity index (χ1n) is 7.46. The van der Waals surface area contributed by atoms with E-state index >= 15 is 0 Å². The maximum atomic E-state index is 12.8. The summed E-state index contributed by atoms with van der Waals surface area (Å²) in [4.78, 5) is 15.5. The Balaban J connectivity index is 0.00000529. The minimum Gasteiger partial charge on any atom is -0.444 e. The smallest absolute Gasteiger partial charge is 0.407 e. The van der Waals surface area contributed by atoms with Crippen LogP contribution in [0.4, 0.5) is 9.18 Å². The molecule has 8 heteroatoms. The van der Waals surface area contributed by atoms with Crippen molar-refractivity contribution in [3.63, 3.8) is 0 Å². The topological polar surface area (TPSA) is 74.8 Å². The summed E-state index contributed by atoms with van der Waals surface area (Å²) in [6.07, 6.45) is -0.450. The van der Waals surface area contributed by atoms with Crippen molar-refractivity contribution in [2.24, 2.45) is 4.99 Å². The summed E-state index contributed by atoms with van der Waals surface area (Å²) in [6.45, 7) is 6.87. The van der Waals surface area contributed by atoms with Crippen molar-refractivity contribution < 1.29 is 13.9 Å². The third-order valence-corrected chi connectivity index (χ3v) is 2.68. The summed E-state index contributed by atoms with van der Waals surface area (Å²) in [5, 5.41) is 8.82. The fourth-order valence-electron chi connectivity index (χ4n) is 1.67. The lowest BCUT2D eigenvalue weighted by Crippen LogP contribution is -2.42. The first-order valence-corrected chi connectivity index (χ1v) is 7.46. The van der Waals surface area contributed by atoms with Gasteiger partial charge in [0.15, 0.2) is 5.96 Å². The number of rotatable bonds is 5. The van der Waals surface area contributed by atoms with Gasteiger partial charge < -0.3 is 20.7 Å². The van der Waals surface area contributed by atoms with Gasteiger partial charge >= 0.3 is 6.09 Å². The molecule has 1 amide bonds. The molecule has 0 saturated carbocycles. The van der Waals surface area contributed by atoms with Crippen LogP contribution in [0, 0.1) is 5.82 Å². The molecule has 1 aromatic carbocycles. The maximum absolute atomic E-state index is 12.8. The molecule has 0 fully saturated rings. The highest BCUT2D eigenvalue weighted by Gasteiger charge is 2.15. The third-order valence-electron chi connectivity index (χ3n) is 2.68. The molecular weight excluding hydrogens is 426 g/mol. The van der Waals surface area contributed by atoms with E-state index in [9.17, 15) is 9.18 Å². The number of ether oxygens (including phenoxy) is 1. The quantitative estimate of drug-likeness (QED) is 0.278. The van der Waals surface area contributed by atoms with Crippen LogP contribution >= 0.6 is 24.0 Å². The number of benzene rings is 1. The van der Waals surface area contributed by atoms with Gasteiger partial charge in [0.05, 0.1) is 0 Å². The summed E-state index contributed by atoms with van der Waals surface area (Å²) in [7, 11) is 1.65. The van der Waals surface area contributed by atoms with E-state index in [0.29, 0.717) is 25.6 Å². The van der Waals surface area contributed by atoms with Crippen LogP contribution in [0.1, 0.15) is 26.3 Å². The number of amides is 1. The van der Waals surface area contributed by atoms with E-state index in [1.807, 2.05) is 20.8 Å². The first-order chi connectivity index (χ1) is 10.8. The summed E-state index contributed by atoms with van der Waals surface area (Å²) in [5.74, 6) is 0.338. The molecule has 0 saturated heterocycles. The number of hydrogen-bond acceptors (Lipinski definition) is 3. The van der Waals surface area contributed by atoms with Gasteiger partial charge in [0.2, 0.25) is 0 Å². The van der Waals surface area contributed by atoms with E-state index < -0.39 is 11.7 Å². The summed E-state index contributed by atoms with van der Waals surface area (Å²) >= 11 is 0. The zero-order valence-corrected chi connectivity index (χ0v) is 16.8. The van der Waals surface area contributed by atoms with Crippen LogP contribution in [-0.4, -0.2) is 37.8 Å². The van der Waals surface area contributed by atoms with Crippen LogP contribution in [0.5, 0.6) is 0 Å². The minimum absolute atomic E-state index is 0. The van der Waals surface area contributed by atoms with Crippen molar-refractivity contribution in [1.82, 2.24) is 16.0 Å². The number of aliphatic imine (C=N–C) groups is 1. The molecule has 0 unspecified atom stereocenters. The zero-order valence-electron chi connectivity index (χ0n) is 14.5. The number of nitrogens with zero attached hydrogens (tertiary/aromatic N) is 1. The molecule has 0 aliphatic carbocycles. The molecule has 1 aromatic rings. The lowest BCUT2D eigenvalue weighted by molar-refractivity contribution is 0.0529. The average molecular weight is 452 g/mol. The molecular formula is C16H26FIN4O2. The van der Waals surface area contributed by atoms with Gasteiger partial charge in [0.25, 0.3) is 0 Å². The Morgan fingerprint density at radius 3 is 2.25 bits per heavy atom. The summed E-state index contributed by atoms with van der Waals surface area (Å²) < 4.78 is 18.0. The highest BCUT2D eigenvalue weighted by molar-refractivity contribution is 14.0. The van der Waals surface area contributed by atoms with Crippen molar-refractivity contribution in [1.29, 1.82) is 0 Å². The van der Waals surface area contributed by atoms with Crippen LogP contribution in [0.25, 0.3) is 0 Å². The molecule has 6 nitrogen and oxygen atoms in total. The molecule has 24 heavy (non-hydrogen) atoms. The van der Waals surface area contributed by atoms with Crippen molar-refractivity contribution in [2.45, 2.75) is 32.9 Å². The highest BCUT2D eigenvalue weighted by atomic mass is 127. The normalized spacial score (nSPS) is 11.3. The van der Waals surface area contributed by atoms with Crippen LogP contribution in [-0.2, 0) is 11.3 Å². The Labute approximate surface area is 159 Å². The van der Waals surface area contributed by atoms with Gasteiger partial charge in [-0.2, -0.15) is 0 Å². The van der Waals surface area contributed by atoms with E-state index in [1.54, 1.807) is 19.2 Å². The van der Waals surface area contributed by atoms with Crippen LogP contribution in [0.2, 0.25) is 0 Å². The molecule has 0 aliphatic rings. The molecule has 0 aromatic heterocycles. The largest absolute Gasteiger partial charge is 0.444 e. The van der Waals surface area contributed by atoms with E-state index in [1.165, 1.54) is 12.1 Å². The number of halogens is 2. The fourth-order valence-corrected chi connectivity index (χ4v) is 1.67. The third kappa shape index (κ3) is 10.2. The molecule has 136 valence electrons. The lowest BCUT2D eigenvalue weighted by Gasteiger charge is -2.19.